The van der Waals surface area contributed by atoms with E-state index in [2.05, 4.69) is 17.2 Å². The van der Waals surface area contributed by atoms with Crippen LogP contribution in [0.2, 0.25) is 0 Å². The van der Waals surface area contributed by atoms with E-state index in [1.807, 2.05) is 32.9 Å². The number of hydrogen-bond acceptors (Lipinski definition) is 2. The Kier molecular flexibility index (Phi) is 4.74. The largest absolute Gasteiger partial charge is 0.350 e. The van der Waals surface area contributed by atoms with Crippen molar-refractivity contribution in [2.45, 2.75) is 26.8 Å². The highest BCUT2D eigenvalue weighted by Gasteiger charge is 2.07. The standard InChI is InChI=1S/C14H18N2O/c1-10(2)16-14(17)13-8-11(3)7-12(9-13)5-4-6-15/h7-10H,6,15H2,1-3H3,(H,16,17). The molecule has 3 nitrogen and oxygen atoms in total. The maximum absolute atomic E-state index is 11.8. The van der Waals surface area contributed by atoms with Crippen molar-refractivity contribution < 1.29 is 4.79 Å². The summed E-state index contributed by atoms with van der Waals surface area (Å²) in [6.45, 7) is 6.13. The zero-order chi connectivity index (χ0) is 12.8. The Hall–Kier alpha value is -1.79. The van der Waals surface area contributed by atoms with Crippen molar-refractivity contribution in [3.05, 3.63) is 34.9 Å². The normalized spacial score (nSPS) is 9.71. The van der Waals surface area contributed by atoms with Crippen LogP contribution in [0.5, 0.6) is 0 Å². The second kappa shape index (κ2) is 6.07. The summed E-state index contributed by atoms with van der Waals surface area (Å²) in [4.78, 5) is 11.8. The SMILES string of the molecule is Cc1cc(C#CCN)cc(C(=O)NC(C)C)c1. The monoisotopic (exact) mass is 230 g/mol. The maximum atomic E-state index is 11.8. The second-order valence-corrected chi connectivity index (χ2v) is 4.22. The van der Waals surface area contributed by atoms with Crippen molar-refractivity contribution in [2.24, 2.45) is 5.73 Å². The van der Waals surface area contributed by atoms with Gasteiger partial charge in [-0.1, -0.05) is 11.8 Å². The zero-order valence-corrected chi connectivity index (χ0v) is 10.5. The van der Waals surface area contributed by atoms with Gasteiger partial charge < -0.3 is 11.1 Å². The van der Waals surface area contributed by atoms with E-state index >= 15 is 0 Å². The zero-order valence-electron chi connectivity index (χ0n) is 10.5. The molecule has 3 N–H and O–H groups in total. The van der Waals surface area contributed by atoms with Crippen molar-refractivity contribution >= 4 is 5.91 Å². The molecule has 90 valence electrons. The minimum absolute atomic E-state index is 0.0699. The van der Waals surface area contributed by atoms with Crippen molar-refractivity contribution in [3.63, 3.8) is 0 Å². The third kappa shape index (κ3) is 4.29. The van der Waals surface area contributed by atoms with E-state index in [1.165, 1.54) is 0 Å². The molecule has 0 saturated heterocycles. The third-order valence-electron chi connectivity index (χ3n) is 2.09. The molecule has 0 atom stereocenters. The average molecular weight is 230 g/mol. The molecule has 1 rings (SSSR count). The quantitative estimate of drug-likeness (QED) is 0.755. The molecule has 0 spiro atoms. The van der Waals surface area contributed by atoms with Crippen LogP contribution in [0.15, 0.2) is 18.2 Å². The molecule has 0 bridgehead atoms. The first-order valence-electron chi connectivity index (χ1n) is 5.64. The van der Waals surface area contributed by atoms with Gasteiger partial charge in [-0.2, -0.15) is 0 Å². The van der Waals surface area contributed by atoms with Gasteiger partial charge in [-0.25, -0.2) is 0 Å². The van der Waals surface area contributed by atoms with E-state index in [0.717, 1.165) is 11.1 Å². The van der Waals surface area contributed by atoms with Crippen LogP contribution in [0.4, 0.5) is 0 Å². The highest BCUT2D eigenvalue weighted by atomic mass is 16.1. The summed E-state index contributed by atoms with van der Waals surface area (Å²) in [5, 5.41) is 2.86. The average Bonchev–Trinajstić information content (AvgIpc) is 2.24. The summed E-state index contributed by atoms with van der Waals surface area (Å²) >= 11 is 0. The van der Waals surface area contributed by atoms with Gasteiger partial charge in [-0.05, 0) is 44.5 Å². The van der Waals surface area contributed by atoms with Crippen molar-refractivity contribution in [1.29, 1.82) is 0 Å². The van der Waals surface area contributed by atoms with Crippen LogP contribution in [0.3, 0.4) is 0 Å². The Labute approximate surface area is 102 Å². The summed E-state index contributed by atoms with van der Waals surface area (Å²) in [5.41, 5.74) is 7.80. The maximum Gasteiger partial charge on any atom is 0.251 e. The number of nitrogens with two attached hydrogens (primary N) is 1. The number of carbonyl (C=O) groups excluding carboxylic acids is 1. The van der Waals surface area contributed by atoms with E-state index in [-0.39, 0.29) is 11.9 Å². The first-order chi connectivity index (χ1) is 8.02. The first kappa shape index (κ1) is 13.3. The van der Waals surface area contributed by atoms with Gasteiger partial charge in [0.2, 0.25) is 0 Å². The number of aryl methyl sites for hydroxylation is 1. The first-order valence-corrected chi connectivity index (χ1v) is 5.64. The molecule has 17 heavy (non-hydrogen) atoms. The molecule has 0 saturated carbocycles. The van der Waals surface area contributed by atoms with Crippen molar-refractivity contribution in [1.82, 2.24) is 5.32 Å². The van der Waals surface area contributed by atoms with Gasteiger partial charge >= 0.3 is 0 Å². The fourth-order valence-corrected chi connectivity index (χ4v) is 1.48. The lowest BCUT2D eigenvalue weighted by atomic mass is 10.1. The third-order valence-corrected chi connectivity index (χ3v) is 2.09. The molecule has 0 aromatic heterocycles. The molecule has 1 aromatic rings. The van der Waals surface area contributed by atoms with Crippen LogP contribution < -0.4 is 11.1 Å². The molecular formula is C14H18N2O. The number of carbonyl (C=O) groups is 1. The number of rotatable bonds is 2. The lowest BCUT2D eigenvalue weighted by Crippen LogP contribution is -2.30. The number of hydrogen-bond donors (Lipinski definition) is 2. The van der Waals surface area contributed by atoms with Crippen molar-refractivity contribution in [3.8, 4) is 11.8 Å². The van der Waals surface area contributed by atoms with E-state index in [1.54, 1.807) is 6.07 Å². The predicted molar refractivity (Wildman–Crippen MR) is 69.7 cm³/mol. The topological polar surface area (TPSA) is 55.1 Å². The van der Waals surface area contributed by atoms with Gasteiger partial charge in [0.15, 0.2) is 0 Å². The molecule has 0 aliphatic rings. The summed E-state index contributed by atoms with van der Waals surface area (Å²) in [7, 11) is 0. The second-order valence-electron chi connectivity index (χ2n) is 4.22. The molecular weight excluding hydrogens is 212 g/mol. The van der Waals surface area contributed by atoms with Gasteiger partial charge in [0.25, 0.3) is 5.91 Å². The summed E-state index contributed by atoms with van der Waals surface area (Å²) in [6, 6.07) is 5.70. The number of benzene rings is 1. The summed E-state index contributed by atoms with van der Waals surface area (Å²) in [6.07, 6.45) is 0. The summed E-state index contributed by atoms with van der Waals surface area (Å²) < 4.78 is 0. The molecule has 1 aromatic carbocycles. The fourth-order valence-electron chi connectivity index (χ4n) is 1.48. The van der Waals surface area contributed by atoms with Gasteiger partial charge in [-0.15, -0.1) is 0 Å². The van der Waals surface area contributed by atoms with Crippen molar-refractivity contribution in [2.75, 3.05) is 6.54 Å². The highest BCUT2D eigenvalue weighted by Crippen LogP contribution is 2.09. The molecule has 3 heteroatoms. The fraction of sp³-hybridized carbons (Fsp3) is 0.357. The van der Waals surface area contributed by atoms with Gasteiger partial charge in [0.05, 0.1) is 6.54 Å². The number of nitrogens with one attached hydrogen (secondary N) is 1. The Balaban J connectivity index is 3.00. The molecule has 0 radical (unpaired) electrons. The Bertz CT molecular complexity index is 467. The molecule has 0 fully saturated rings. The van der Waals surface area contributed by atoms with Crippen LogP contribution in [-0.2, 0) is 0 Å². The van der Waals surface area contributed by atoms with Gasteiger partial charge in [0.1, 0.15) is 0 Å². The Morgan fingerprint density at radius 2 is 2.12 bits per heavy atom. The molecule has 0 aliphatic heterocycles. The van der Waals surface area contributed by atoms with E-state index in [9.17, 15) is 4.79 Å². The minimum Gasteiger partial charge on any atom is -0.350 e. The lowest BCUT2D eigenvalue weighted by molar-refractivity contribution is 0.0943. The molecule has 0 heterocycles. The van der Waals surface area contributed by atoms with Crippen LogP contribution in [0.25, 0.3) is 0 Å². The molecule has 0 unspecified atom stereocenters. The Morgan fingerprint density at radius 1 is 1.41 bits per heavy atom. The van der Waals surface area contributed by atoms with Crippen LogP contribution in [0, 0.1) is 18.8 Å². The summed E-state index contributed by atoms with van der Waals surface area (Å²) in [5.74, 6) is 5.65. The van der Waals surface area contributed by atoms with Gasteiger partial charge in [0, 0.05) is 17.2 Å². The smallest absolute Gasteiger partial charge is 0.251 e. The van der Waals surface area contributed by atoms with E-state index in [4.69, 9.17) is 5.73 Å². The van der Waals surface area contributed by atoms with E-state index < -0.39 is 0 Å². The van der Waals surface area contributed by atoms with E-state index in [0.29, 0.717) is 12.1 Å². The Morgan fingerprint density at radius 3 is 2.71 bits per heavy atom. The van der Waals surface area contributed by atoms with Crippen LogP contribution in [-0.4, -0.2) is 18.5 Å². The predicted octanol–water partition coefficient (Wildman–Crippen LogP) is 1.44. The highest BCUT2D eigenvalue weighted by molar-refractivity contribution is 5.94. The van der Waals surface area contributed by atoms with Gasteiger partial charge in [-0.3, -0.25) is 4.79 Å². The lowest BCUT2D eigenvalue weighted by Gasteiger charge is -2.09. The molecule has 1 amide bonds. The van der Waals surface area contributed by atoms with Crippen LogP contribution in [0.1, 0.15) is 35.3 Å². The number of amides is 1. The van der Waals surface area contributed by atoms with Crippen LogP contribution >= 0.6 is 0 Å². The molecule has 0 aliphatic carbocycles. The minimum atomic E-state index is -0.0699.